The Balaban J connectivity index is 1.70. The summed E-state index contributed by atoms with van der Waals surface area (Å²) in [5, 5.41) is 11.3. The van der Waals surface area contributed by atoms with Gasteiger partial charge in [0.2, 0.25) is 0 Å². The number of hydrogen-bond donors (Lipinski definition) is 1. The normalized spacial score (nSPS) is 11.0. The van der Waals surface area contributed by atoms with Gasteiger partial charge < -0.3 is 4.90 Å². The van der Waals surface area contributed by atoms with Gasteiger partial charge in [0.1, 0.15) is 5.69 Å². The minimum absolute atomic E-state index is 0.111. The largest absolute Gasteiger partial charge is 0.336 e. The fourth-order valence-corrected chi connectivity index (χ4v) is 2.39. The predicted octanol–water partition coefficient (Wildman–Crippen LogP) is 2.52. The Bertz CT molecular complexity index is 820. The van der Waals surface area contributed by atoms with Gasteiger partial charge in [0.05, 0.1) is 11.9 Å². The van der Waals surface area contributed by atoms with Gasteiger partial charge >= 0.3 is 0 Å². The molecular formula is C17H20N6O. The number of carbonyl (C=O) groups is 1. The first-order valence-corrected chi connectivity index (χ1v) is 7.79. The zero-order chi connectivity index (χ0) is 17.1. The molecule has 124 valence electrons. The van der Waals surface area contributed by atoms with E-state index in [9.17, 15) is 4.79 Å². The van der Waals surface area contributed by atoms with Crippen molar-refractivity contribution in [1.29, 1.82) is 0 Å². The van der Waals surface area contributed by atoms with Gasteiger partial charge in [-0.2, -0.15) is 10.2 Å². The summed E-state index contributed by atoms with van der Waals surface area (Å²) in [5.74, 6) is -0.111. The summed E-state index contributed by atoms with van der Waals surface area (Å²) >= 11 is 0. The Labute approximate surface area is 140 Å². The van der Waals surface area contributed by atoms with Crippen molar-refractivity contribution in [3.05, 3.63) is 54.2 Å². The summed E-state index contributed by atoms with van der Waals surface area (Å²) in [6, 6.07) is 5.77. The zero-order valence-corrected chi connectivity index (χ0v) is 14.0. The van der Waals surface area contributed by atoms with Crippen LogP contribution < -0.4 is 0 Å². The molecule has 0 radical (unpaired) electrons. The third kappa shape index (κ3) is 3.34. The standard InChI is InChI=1S/C17H20N6O/c1-12(2)23-11-13(9-19-23)10-22(3)17(24)16-8-15(20-21-16)14-4-6-18-7-5-14/h4-9,11-12H,10H2,1-3H3,(H,20,21). The first-order valence-electron chi connectivity index (χ1n) is 7.79. The molecule has 24 heavy (non-hydrogen) atoms. The smallest absolute Gasteiger partial charge is 0.271 e. The van der Waals surface area contributed by atoms with Gasteiger partial charge in [-0.15, -0.1) is 0 Å². The van der Waals surface area contributed by atoms with Crippen LogP contribution in [0.2, 0.25) is 0 Å². The van der Waals surface area contributed by atoms with Crippen molar-refractivity contribution in [2.24, 2.45) is 0 Å². The van der Waals surface area contributed by atoms with Crippen molar-refractivity contribution >= 4 is 5.91 Å². The molecule has 1 N–H and O–H groups in total. The molecule has 0 aliphatic heterocycles. The fourth-order valence-electron chi connectivity index (χ4n) is 2.39. The second-order valence-corrected chi connectivity index (χ2v) is 5.99. The number of nitrogens with zero attached hydrogens (tertiary/aromatic N) is 5. The lowest BCUT2D eigenvalue weighted by Crippen LogP contribution is -2.26. The second-order valence-electron chi connectivity index (χ2n) is 5.99. The Morgan fingerprint density at radius 1 is 1.33 bits per heavy atom. The average molecular weight is 324 g/mol. The van der Waals surface area contributed by atoms with E-state index in [-0.39, 0.29) is 5.91 Å². The maximum Gasteiger partial charge on any atom is 0.271 e. The molecular weight excluding hydrogens is 304 g/mol. The number of hydrogen-bond acceptors (Lipinski definition) is 4. The molecule has 0 aliphatic carbocycles. The third-order valence-corrected chi connectivity index (χ3v) is 3.73. The van der Waals surface area contributed by atoms with E-state index in [1.165, 1.54) is 0 Å². The molecule has 3 rings (SSSR count). The number of nitrogens with one attached hydrogen (secondary N) is 1. The molecule has 7 heteroatoms. The lowest BCUT2D eigenvalue weighted by Gasteiger charge is -2.14. The van der Waals surface area contributed by atoms with Gasteiger partial charge in [-0.05, 0) is 32.0 Å². The summed E-state index contributed by atoms with van der Waals surface area (Å²) < 4.78 is 1.88. The van der Waals surface area contributed by atoms with Crippen LogP contribution in [0.25, 0.3) is 11.3 Å². The Hall–Kier alpha value is -2.96. The lowest BCUT2D eigenvalue weighted by molar-refractivity contribution is 0.0779. The van der Waals surface area contributed by atoms with Gasteiger partial charge in [-0.1, -0.05) is 0 Å². The molecule has 3 aromatic heterocycles. The van der Waals surface area contributed by atoms with E-state index < -0.39 is 0 Å². The Kier molecular flexibility index (Phi) is 4.41. The number of carbonyl (C=O) groups excluding carboxylic acids is 1. The summed E-state index contributed by atoms with van der Waals surface area (Å²) in [7, 11) is 1.77. The van der Waals surface area contributed by atoms with Crippen LogP contribution in [0, 0.1) is 0 Å². The molecule has 7 nitrogen and oxygen atoms in total. The molecule has 0 aliphatic rings. The summed E-state index contributed by atoms with van der Waals surface area (Å²) in [4.78, 5) is 18.2. The highest BCUT2D eigenvalue weighted by molar-refractivity contribution is 5.93. The van der Waals surface area contributed by atoms with Gasteiger partial charge in [-0.3, -0.25) is 19.6 Å². The van der Waals surface area contributed by atoms with Crippen LogP contribution >= 0.6 is 0 Å². The lowest BCUT2D eigenvalue weighted by atomic mass is 10.2. The first-order chi connectivity index (χ1) is 11.5. The van der Waals surface area contributed by atoms with E-state index in [0.717, 1.165) is 16.8 Å². The minimum atomic E-state index is -0.111. The Morgan fingerprint density at radius 2 is 2.08 bits per heavy atom. The van der Waals surface area contributed by atoms with Gasteiger partial charge in [-0.25, -0.2) is 0 Å². The van der Waals surface area contributed by atoms with Crippen LogP contribution in [-0.2, 0) is 6.54 Å². The summed E-state index contributed by atoms with van der Waals surface area (Å²) in [6.07, 6.45) is 7.15. The van der Waals surface area contributed by atoms with E-state index in [2.05, 4.69) is 34.1 Å². The molecule has 3 heterocycles. The van der Waals surface area contributed by atoms with Crippen LogP contribution in [0.1, 0.15) is 35.9 Å². The third-order valence-electron chi connectivity index (χ3n) is 3.73. The van der Waals surface area contributed by atoms with Crippen LogP contribution in [0.3, 0.4) is 0 Å². The van der Waals surface area contributed by atoms with Crippen LogP contribution in [-0.4, -0.2) is 42.8 Å². The highest BCUT2D eigenvalue weighted by Gasteiger charge is 2.16. The van der Waals surface area contributed by atoms with Crippen LogP contribution in [0.5, 0.6) is 0 Å². The van der Waals surface area contributed by atoms with E-state index in [1.807, 2.05) is 23.0 Å². The van der Waals surface area contributed by atoms with Gasteiger partial charge in [0.25, 0.3) is 5.91 Å². The van der Waals surface area contributed by atoms with Crippen LogP contribution in [0.15, 0.2) is 43.0 Å². The number of aromatic nitrogens is 5. The summed E-state index contributed by atoms with van der Waals surface area (Å²) in [5.41, 5.74) is 3.09. The van der Waals surface area contributed by atoms with Crippen molar-refractivity contribution in [2.75, 3.05) is 7.05 Å². The molecule has 0 spiro atoms. The number of aromatic amines is 1. The number of H-pyrrole nitrogens is 1. The average Bonchev–Trinajstić information content (AvgIpc) is 3.24. The predicted molar refractivity (Wildman–Crippen MR) is 90.2 cm³/mol. The molecule has 0 saturated carbocycles. The first kappa shape index (κ1) is 15.9. The summed E-state index contributed by atoms with van der Waals surface area (Å²) in [6.45, 7) is 4.63. The quantitative estimate of drug-likeness (QED) is 0.782. The van der Waals surface area contributed by atoms with E-state index in [1.54, 1.807) is 36.6 Å². The topological polar surface area (TPSA) is 79.7 Å². The highest BCUT2D eigenvalue weighted by Crippen LogP contribution is 2.17. The zero-order valence-electron chi connectivity index (χ0n) is 14.0. The second kappa shape index (κ2) is 6.66. The SMILES string of the molecule is CC(C)n1cc(CN(C)C(=O)c2cc(-c3ccncc3)n[nH]2)cn1. The highest BCUT2D eigenvalue weighted by atomic mass is 16.2. The van der Waals surface area contributed by atoms with E-state index >= 15 is 0 Å². The molecule has 0 aromatic carbocycles. The number of amides is 1. The molecule has 0 unspecified atom stereocenters. The minimum Gasteiger partial charge on any atom is -0.336 e. The fraction of sp³-hybridized carbons (Fsp3) is 0.294. The monoisotopic (exact) mass is 324 g/mol. The van der Waals surface area contributed by atoms with Crippen molar-refractivity contribution in [3.8, 4) is 11.3 Å². The van der Waals surface area contributed by atoms with Gasteiger partial charge in [0, 0.05) is 49.4 Å². The van der Waals surface area contributed by atoms with E-state index in [4.69, 9.17) is 0 Å². The Morgan fingerprint density at radius 3 is 2.75 bits per heavy atom. The molecule has 3 aromatic rings. The van der Waals surface area contributed by atoms with Gasteiger partial charge in [0.15, 0.2) is 0 Å². The van der Waals surface area contributed by atoms with Crippen molar-refractivity contribution < 1.29 is 4.79 Å². The maximum atomic E-state index is 12.5. The van der Waals surface area contributed by atoms with E-state index in [0.29, 0.717) is 18.3 Å². The number of pyridine rings is 1. The maximum absolute atomic E-state index is 12.5. The van der Waals surface area contributed by atoms with Crippen molar-refractivity contribution in [3.63, 3.8) is 0 Å². The van der Waals surface area contributed by atoms with Crippen LogP contribution in [0.4, 0.5) is 0 Å². The molecule has 1 amide bonds. The van der Waals surface area contributed by atoms with Crippen molar-refractivity contribution in [1.82, 2.24) is 29.9 Å². The molecule has 0 saturated heterocycles. The van der Waals surface area contributed by atoms with Crippen molar-refractivity contribution in [2.45, 2.75) is 26.4 Å². The molecule has 0 bridgehead atoms. The molecule has 0 fully saturated rings. The number of rotatable bonds is 5. The molecule has 0 atom stereocenters.